The Bertz CT molecular complexity index is 549. The average Bonchev–Trinajstić information content (AvgIpc) is 2.90. The van der Waals surface area contributed by atoms with Crippen LogP contribution in [0, 0.1) is 0 Å². The van der Waals surface area contributed by atoms with Crippen molar-refractivity contribution in [1.82, 2.24) is 5.32 Å². The van der Waals surface area contributed by atoms with Crippen molar-refractivity contribution in [3.63, 3.8) is 0 Å². The van der Waals surface area contributed by atoms with Gasteiger partial charge in [0.15, 0.2) is 0 Å². The maximum absolute atomic E-state index is 5.30. The molecule has 1 atom stereocenters. The standard InChI is InChI=1S/C15H18BrNOS/c1-4-13(17-2)15-8-7-14(19-15)11-9-10(18-3)5-6-12(11)16/h5-9,13,17H,4H2,1-3H3. The number of rotatable bonds is 5. The highest BCUT2D eigenvalue weighted by atomic mass is 79.9. The molecule has 0 saturated heterocycles. The van der Waals surface area contributed by atoms with Crippen LogP contribution in [0.3, 0.4) is 0 Å². The number of methoxy groups -OCH3 is 1. The van der Waals surface area contributed by atoms with Gasteiger partial charge in [0.2, 0.25) is 0 Å². The smallest absolute Gasteiger partial charge is 0.119 e. The molecule has 2 aromatic rings. The average molecular weight is 340 g/mol. The number of hydrogen-bond donors (Lipinski definition) is 1. The van der Waals surface area contributed by atoms with Gasteiger partial charge in [-0.3, -0.25) is 0 Å². The van der Waals surface area contributed by atoms with Crippen LogP contribution in [0.1, 0.15) is 24.3 Å². The molecule has 0 spiro atoms. The van der Waals surface area contributed by atoms with E-state index in [2.05, 4.69) is 46.4 Å². The topological polar surface area (TPSA) is 21.3 Å². The molecule has 2 nitrogen and oxygen atoms in total. The van der Waals surface area contributed by atoms with Crippen molar-refractivity contribution in [3.8, 4) is 16.2 Å². The quantitative estimate of drug-likeness (QED) is 0.840. The summed E-state index contributed by atoms with van der Waals surface area (Å²) >= 11 is 5.44. The van der Waals surface area contributed by atoms with Crippen LogP contribution >= 0.6 is 27.3 Å². The van der Waals surface area contributed by atoms with Gasteiger partial charge in [-0.25, -0.2) is 0 Å². The van der Waals surface area contributed by atoms with Crippen molar-refractivity contribution >= 4 is 27.3 Å². The van der Waals surface area contributed by atoms with E-state index in [4.69, 9.17) is 4.74 Å². The first-order chi connectivity index (χ1) is 9.19. The summed E-state index contributed by atoms with van der Waals surface area (Å²) in [6.45, 7) is 2.20. The van der Waals surface area contributed by atoms with Crippen molar-refractivity contribution in [2.45, 2.75) is 19.4 Å². The van der Waals surface area contributed by atoms with Gasteiger partial charge in [-0.1, -0.05) is 22.9 Å². The van der Waals surface area contributed by atoms with E-state index < -0.39 is 0 Å². The molecule has 19 heavy (non-hydrogen) atoms. The van der Waals surface area contributed by atoms with Gasteiger partial charge in [0.1, 0.15) is 5.75 Å². The second-order valence-corrected chi connectivity index (χ2v) is 6.27. The molecule has 0 aliphatic carbocycles. The van der Waals surface area contributed by atoms with E-state index >= 15 is 0 Å². The molecular formula is C15H18BrNOS. The van der Waals surface area contributed by atoms with Gasteiger partial charge in [-0.15, -0.1) is 11.3 Å². The van der Waals surface area contributed by atoms with Gasteiger partial charge in [0.05, 0.1) is 7.11 Å². The van der Waals surface area contributed by atoms with Crippen molar-refractivity contribution < 1.29 is 4.74 Å². The Labute approximate surface area is 126 Å². The number of halogens is 1. The molecular weight excluding hydrogens is 322 g/mol. The van der Waals surface area contributed by atoms with E-state index in [-0.39, 0.29) is 0 Å². The highest BCUT2D eigenvalue weighted by Crippen LogP contribution is 2.37. The maximum Gasteiger partial charge on any atom is 0.119 e. The summed E-state index contributed by atoms with van der Waals surface area (Å²) in [7, 11) is 3.70. The van der Waals surface area contributed by atoms with Crippen LogP contribution in [0.25, 0.3) is 10.4 Å². The van der Waals surface area contributed by atoms with E-state index in [0.29, 0.717) is 6.04 Å². The Morgan fingerprint density at radius 1 is 1.32 bits per heavy atom. The summed E-state index contributed by atoms with van der Waals surface area (Å²) in [5, 5.41) is 3.34. The zero-order valence-corrected chi connectivity index (χ0v) is 13.8. The zero-order chi connectivity index (χ0) is 13.8. The molecule has 1 aromatic carbocycles. The van der Waals surface area contributed by atoms with Crippen molar-refractivity contribution in [1.29, 1.82) is 0 Å². The molecule has 1 unspecified atom stereocenters. The molecule has 102 valence electrons. The Morgan fingerprint density at radius 2 is 2.11 bits per heavy atom. The SMILES string of the molecule is CCC(NC)c1ccc(-c2cc(OC)ccc2Br)s1. The summed E-state index contributed by atoms with van der Waals surface area (Å²) in [5.41, 5.74) is 1.18. The van der Waals surface area contributed by atoms with Crippen molar-refractivity contribution in [2.24, 2.45) is 0 Å². The highest BCUT2D eigenvalue weighted by molar-refractivity contribution is 9.10. The summed E-state index contributed by atoms with van der Waals surface area (Å²) < 4.78 is 6.40. The molecule has 0 fully saturated rings. The summed E-state index contributed by atoms with van der Waals surface area (Å²) in [6, 6.07) is 10.9. The van der Waals surface area contributed by atoms with Crippen molar-refractivity contribution in [2.75, 3.05) is 14.2 Å². The first-order valence-electron chi connectivity index (χ1n) is 6.30. The lowest BCUT2D eigenvalue weighted by molar-refractivity contribution is 0.415. The summed E-state index contributed by atoms with van der Waals surface area (Å²) in [5.74, 6) is 0.883. The van der Waals surface area contributed by atoms with Gasteiger partial charge in [0, 0.05) is 25.8 Å². The molecule has 1 N–H and O–H groups in total. The minimum atomic E-state index is 0.433. The van der Waals surface area contributed by atoms with Crippen LogP contribution in [-0.4, -0.2) is 14.2 Å². The third-order valence-electron chi connectivity index (χ3n) is 3.17. The lowest BCUT2D eigenvalue weighted by Crippen LogP contribution is -2.13. The second kappa shape index (κ2) is 6.55. The van der Waals surface area contributed by atoms with Gasteiger partial charge in [-0.05, 0) is 43.8 Å². The fourth-order valence-electron chi connectivity index (χ4n) is 2.05. The number of thiophene rings is 1. The van der Waals surface area contributed by atoms with Crippen LogP contribution in [0.5, 0.6) is 5.75 Å². The summed E-state index contributed by atoms with van der Waals surface area (Å²) in [6.07, 6.45) is 1.09. The Kier molecular flexibility index (Phi) is 5.02. The molecule has 0 radical (unpaired) electrons. The Morgan fingerprint density at radius 3 is 2.74 bits per heavy atom. The van der Waals surface area contributed by atoms with E-state index in [1.54, 1.807) is 7.11 Å². The third kappa shape index (κ3) is 3.19. The molecule has 0 aliphatic heterocycles. The van der Waals surface area contributed by atoms with Crippen LogP contribution in [-0.2, 0) is 0 Å². The molecule has 1 heterocycles. The van der Waals surface area contributed by atoms with Crippen molar-refractivity contribution in [3.05, 3.63) is 39.7 Å². The molecule has 2 rings (SSSR count). The monoisotopic (exact) mass is 339 g/mol. The number of ether oxygens (including phenoxy) is 1. The number of hydrogen-bond acceptors (Lipinski definition) is 3. The molecule has 0 saturated carbocycles. The highest BCUT2D eigenvalue weighted by Gasteiger charge is 2.12. The van der Waals surface area contributed by atoms with E-state index in [9.17, 15) is 0 Å². The normalized spacial score (nSPS) is 12.4. The van der Waals surface area contributed by atoms with Crippen LogP contribution < -0.4 is 10.1 Å². The molecule has 0 bridgehead atoms. The lowest BCUT2D eigenvalue weighted by Gasteiger charge is -2.11. The summed E-state index contributed by atoms with van der Waals surface area (Å²) in [4.78, 5) is 2.63. The fourth-order valence-corrected chi connectivity index (χ4v) is 3.88. The van der Waals surface area contributed by atoms with Crippen LogP contribution in [0.2, 0.25) is 0 Å². The van der Waals surface area contributed by atoms with Gasteiger partial charge < -0.3 is 10.1 Å². The minimum absolute atomic E-state index is 0.433. The zero-order valence-electron chi connectivity index (χ0n) is 11.4. The fraction of sp³-hybridized carbons (Fsp3) is 0.333. The van der Waals surface area contributed by atoms with E-state index in [0.717, 1.165) is 16.6 Å². The van der Waals surface area contributed by atoms with E-state index in [1.807, 2.05) is 30.5 Å². The second-order valence-electron chi connectivity index (χ2n) is 4.30. The minimum Gasteiger partial charge on any atom is -0.497 e. The Hall–Kier alpha value is -0.840. The van der Waals surface area contributed by atoms with Crippen LogP contribution in [0.15, 0.2) is 34.8 Å². The van der Waals surface area contributed by atoms with Crippen LogP contribution in [0.4, 0.5) is 0 Å². The van der Waals surface area contributed by atoms with Gasteiger partial charge in [-0.2, -0.15) is 0 Å². The van der Waals surface area contributed by atoms with E-state index in [1.165, 1.54) is 15.3 Å². The van der Waals surface area contributed by atoms with Gasteiger partial charge in [0.25, 0.3) is 0 Å². The Balaban J connectivity index is 2.37. The largest absolute Gasteiger partial charge is 0.497 e. The lowest BCUT2D eigenvalue weighted by atomic mass is 10.1. The molecule has 0 aliphatic rings. The maximum atomic E-state index is 5.30. The first-order valence-corrected chi connectivity index (χ1v) is 7.91. The molecule has 4 heteroatoms. The van der Waals surface area contributed by atoms with Gasteiger partial charge >= 0.3 is 0 Å². The predicted molar refractivity (Wildman–Crippen MR) is 86.1 cm³/mol. The predicted octanol–water partition coefficient (Wildman–Crippen LogP) is 4.86. The first kappa shape index (κ1) is 14.6. The number of nitrogens with one attached hydrogen (secondary N) is 1. The number of benzene rings is 1. The molecule has 1 aromatic heterocycles. The third-order valence-corrected chi connectivity index (χ3v) is 5.09. The molecule has 0 amide bonds.